The van der Waals surface area contributed by atoms with Crippen molar-refractivity contribution in [2.75, 3.05) is 7.11 Å². The molecule has 3 aromatic rings. The van der Waals surface area contributed by atoms with Crippen LogP contribution in [0.4, 0.5) is 0 Å². The van der Waals surface area contributed by atoms with E-state index >= 15 is 0 Å². The van der Waals surface area contributed by atoms with Crippen LogP contribution >= 0.6 is 31.9 Å². The fourth-order valence-corrected chi connectivity index (χ4v) is 5.32. The van der Waals surface area contributed by atoms with Gasteiger partial charge in [0.15, 0.2) is 0 Å². The number of ether oxygens (including phenoxy) is 1. The van der Waals surface area contributed by atoms with Crippen LogP contribution in [0.3, 0.4) is 0 Å². The highest BCUT2D eigenvalue weighted by Gasteiger charge is 2.43. The van der Waals surface area contributed by atoms with Gasteiger partial charge in [-0.05, 0) is 90.6 Å². The molecule has 2 aliphatic rings. The van der Waals surface area contributed by atoms with Gasteiger partial charge in [-0.15, -0.1) is 0 Å². The molecule has 1 aliphatic heterocycles. The molecule has 0 aromatic heterocycles. The molecule has 0 bridgehead atoms. The number of hydrogen-bond donors (Lipinski definition) is 0. The molecule has 5 rings (SSSR count). The van der Waals surface area contributed by atoms with Gasteiger partial charge in [0, 0.05) is 20.4 Å². The molecule has 6 heteroatoms. The summed E-state index contributed by atoms with van der Waals surface area (Å²) in [5.74, 6) is 0.793. The van der Waals surface area contributed by atoms with E-state index in [9.17, 15) is 4.79 Å². The van der Waals surface area contributed by atoms with Crippen molar-refractivity contribution in [3.8, 4) is 5.75 Å². The van der Waals surface area contributed by atoms with E-state index in [2.05, 4.69) is 62.2 Å². The predicted octanol–water partition coefficient (Wildman–Crippen LogP) is 7.66. The number of carbonyl (C=O) groups is 1. The number of methoxy groups -OCH3 is 1. The quantitative estimate of drug-likeness (QED) is 0.318. The molecule has 0 radical (unpaired) electrons. The van der Waals surface area contributed by atoms with Crippen LogP contribution in [0.5, 0.6) is 5.75 Å². The van der Waals surface area contributed by atoms with Crippen molar-refractivity contribution >= 4 is 49.6 Å². The zero-order valence-electron chi connectivity index (χ0n) is 18.7. The van der Waals surface area contributed by atoms with Crippen molar-refractivity contribution in [1.82, 2.24) is 5.01 Å². The van der Waals surface area contributed by atoms with Crippen LogP contribution in [-0.4, -0.2) is 23.7 Å². The van der Waals surface area contributed by atoms with Crippen molar-refractivity contribution < 1.29 is 9.53 Å². The molecular formula is C28H24Br2N2O2. The first-order chi connectivity index (χ1) is 16.5. The molecule has 172 valence electrons. The van der Waals surface area contributed by atoms with Crippen LogP contribution in [0.25, 0.3) is 6.08 Å². The first-order valence-electron chi connectivity index (χ1n) is 11.3. The lowest BCUT2D eigenvalue weighted by Gasteiger charge is -2.29. The summed E-state index contributed by atoms with van der Waals surface area (Å²) in [6, 6.07) is 23.7. The lowest BCUT2D eigenvalue weighted by atomic mass is 9.77. The van der Waals surface area contributed by atoms with E-state index in [0.29, 0.717) is 5.56 Å². The van der Waals surface area contributed by atoms with Crippen molar-refractivity contribution in [3.05, 3.63) is 104 Å². The maximum atomic E-state index is 13.7. The molecular weight excluding hydrogens is 556 g/mol. The van der Waals surface area contributed by atoms with Crippen LogP contribution < -0.4 is 4.74 Å². The fraction of sp³-hybridized carbons (Fsp3) is 0.214. The van der Waals surface area contributed by atoms with Gasteiger partial charge < -0.3 is 4.74 Å². The minimum atomic E-state index is -0.133. The first-order valence-corrected chi connectivity index (χ1v) is 12.9. The van der Waals surface area contributed by atoms with E-state index in [1.54, 1.807) is 24.3 Å². The SMILES string of the molecule is COc1ccc(C(=O)N2N=C3/C(=C/c4ccc(Br)cc4)CCC[C@H]3[C@@H]2c2ccc(Br)cc2)cc1. The average Bonchev–Trinajstić information content (AvgIpc) is 3.26. The smallest absolute Gasteiger partial charge is 0.274 e. The van der Waals surface area contributed by atoms with Crippen LogP contribution in [0, 0.1) is 5.92 Å². The molecule has 3 aromatic carbocycles. The van der Waals surface area contributed by atoms with Crippen LogP contribution in [0.1, 0.15) is 46.8 Å². The van der Waals surface area contributed by atoms with E-state index in [1.807, 2.05) is 36.4 Å². The summed E-state index contributed by atoms with van der Waals surface area (Å²) in [5.41, 5.74) is 5.08. The highest BCUT2D eigenvalue weighted by molar-refractivity contribution is 9.10. The second kappa shape index (κ2) is 9.88. The number of nitrogens with zero attached hydrogens (tertiary/aromatic N) is 2. The molecule has 2 atom stereocenters. The monoisotopic (exact) mass is 578 g/mol. The topological polar surface area (TPSA) is 41.9 Å². The number of rotatable bonds is 4. The zero-order valence-corrected chi connectivity index (χ0v) is 21.9. The van der Waals surface area contributed by atoms with Gasteiger partial charge in [-0.3, -0.25) is 4.79 Å². The number of halogens is 2. The maximum Gasteiger partial charge on any atom is 0.274 e. The molecule has 0 spiro atoms. The second-order valence-electron chi connectivity index (χ2n) is 8.58. The Hall–Kier alpha value is -2.70. The van der Waals surface area contributed by atoms with E-state index in [1.165, 1.54) is 5.57 Å². The normalized spacial score (nSPS) is 20.7. The number of fused-ring (bicyclic) bond motifs is 1. The molecule has 4 nitrogen and oxygen atoms in total. The van der Waals surface area contributed by atoms with Crippen molar-refractivity contribution in [1.29, 1.82) is 0 Å². The highest BCUT2D eigenvalue weighted by atomic mass is 79.9. The summed E-state index contributed by atoms with van der Waals surface area (Å²) in [7, 11) is 1.62. The number of amides is 1. The number of carbonyl (C=O) groups excluding carboxylic acids is 1. The van der Waals surface area contributed by atoms with Crippen molar-refractivity contribution in [2.45, 2.75) is 25.3 Å². The summed E-state index contributed by atoms with van der Waals surface area (Å²) in [4.78, 5) is 13.7. The van der Waals surface area contributed by atoms with E-state index < -0.39 is 0 Å². The molecule has 1 fully saturated rings. The van der Waals surface area contributed by atoms with Crippen molar-refractivity contribution in [2.24, 2.45) is 11.0 Å². The Morgan fingerprint density at radius 2 is 1.62 bits per heavy atom. The van der Waals surface area contributed by atoms with Gasteiger partial charge in [-0.1, -0.05) is 56.1 Å². The molecule has 0 saturated heterocycles. The predicted molar refractivity (Wildman–Crippen MR) is 143 cm³/mol. The van der Waals surface area contributed by atoms with Gasteiger partial charge in [-0.2, -0.15) is 5.10 Å². The average molecular weight is 580 g/mol. The van der Waals surface area contributed by atoms with Crippen molar-refractivity contribution in [3.63, 3.8) is 0 Å². The molecule has 1 aliphatic carbocycles. The molecule has 34 heavy (non-hydrogen) atoms. The number of hydrogen-bond acceptors (Lipinski definition) is 3. The molecule has 1 amide bonds. The van der Waals surface area contributed by atoms with E-state index in [0.717, 1.165) is 50.8 Å². The van der Waals surface area contributed by atoms with Crippen LogP contribution in [0.2, 0.25) is 0 Å². The largest absolute Gasteiger partial charge is 0.497 e. The van der Waals surface area contributed by atoms with Gasteiger partial charge in [0.05, 0.1) is 18.9 Å². The second-order valence-corrected chi connectivity index (χ2v) is 10.4. The Morgan fingerprint density at radius 1 is 0.971 bits per heavy atom. The summed E-state index contributed by atoms with van der Waals surface area (Å²) in [6.45, 7) is 0. The molecule has 1 heterocycles. The summed E-state index contributed by atoms with van der Waals surface area (Å²) in [6.07, 6.45) is 5.26. The number of hydrazone groups is 1. The van der Waals surface area contributed by atoms with Crippen LogP contribution in [-0.2, 0) is 0 Å². The Balaban J connectivity index is 1.56. The highest BCUT2D eigenvalue weighted by Crippen LogP contribution is 2.45. The van der Waals surface area contributed by atoms with Gasteiger partial charge in [-0.25, -0.2) is 5.01 Å². The molecule has 0 unspecified atom stereocenters. The summed E-state index contributed by atoms with van der Waals surface area (Å²) >= 11 is 7.05. The Morgan fingerprint density at radius 3 is 2.26 bits per heavy atom. The fourth-order valence-electron chi connectivity index (χ4n) is 4.79. The van der Waals surface area contributed by atoms with Gasteiger partial charge in [0.2, 0.25) is 0 Å². The summed E-state index contributed by atoms with van der Waals surface area (Å²) < 4.78 is 7.34. The van der Waals surface area contributed by atoms with E-state index in [-0.39, 0.29) is 17.9 Å². The van der Waals surface area contributed by atoms with E-state index in [4.69, 9.17) is 9.84 Å². The zero-order chi connectivity index (χ0) is 23.7. The summed E-state index contributed by atoms with van der Waals surface area (Å²) in [5, 5.41) is 6.68. The Kier molecular flexibility index (Phi) is 6.70. The number of benzene rings is 3. The van der Waals surface area contributed by atoms with Crippen LogP contribution in [0.15, 0.2) is 92.4 Å². The van der Waals surface area contributed by atoms with Gasteiger partial charge in [0.1, 0.15) is 5.75 Å². The first kappa shape index (κ1) is 23.1. The lowest BCUT2D eigenvalue weighted by molar-refractivity contribution is 0.0681. The Labute approximate surface area is 216 Å². The molecule has 0 N–H and O–H groups in total. The number of allylic oxidation sites excluding steroid dienone is 1. The third-order valence-corrected chi connectivity index (χ3v) is 7.53. The third-order valence-electron chi connectivity index (χ3n) is 6.47. The van der Waals surface area contributed by atoms with Gasteiger partial charge >= 0.3 is 0 Å². The van der Waals surface area contributed by atoms with Gasteiger partial charge in [0.25, 0.3) is 5.91 Å². The lowest BCUT2D eigenvalue weighted by Crippen LogP contribution is -2.31. The maximum absolute atomic E-state index is 13.7. The minimum absolute atomic E-state index is 0.0968. The Bertz CT molecular complexity index is 1250. The third kappa shape index (κ3) is 4.62. The minimum Gasteiger partial charge on any atom is -0.497 e. The standard InChI is InChI=1S/C28H24Br2N2O2/c1-34-24-15-9-20(10-16-24)28(33)32-27(19-7-13-23(30)14-8-19)25-4-2-3-21(26(25)31-32)17-18-5-11-22(29)12-6-18/h5-17,25,27H,2-4H2,1H3/b21-17+/t25-,27+/m1/s1. The molecule has 1 saturated carbocycles.